The first-order valence-corrected chi connectivity index (χ1v) is 9.53. The predicted octanol–water partition coefficient (Wildman–Crippen LogP) is 2.80. The van der Waals surface area contributed by atoms with Crippen molar-refractivity contribution in [3.05, 3.63) is 30.1 Å². The van der Waals surface area contributed by atoms with Gasteiger partial charge in [-0.05, 0) is 38.3 Å². The topological polar surface area (TPSA) is 53.5 Å². The molecule has 1 atom stereocenters. The van der Waals surface area contributed by atoms with E-state index < -0.39 is 0 Å². The first kappa shape index (κ1) is 17.9. The van der Waals surface area contributed by atoms with Crippen LogP contribution in [0.3, 0.4) is 0 Å². The van der Waals surface area contributed by atoms with Gasteiger partial charge in [-0.2, -0.15) is 0 Å². The Morgan fingerprint density at radius 3 is 2.64 bits per heavy atom. The van der Waals surface area contributed by atoms with Gasteiger partial charge in [0.05, 0.1) is 12.5 Å². The molecule has 0 bridgehead atoms. The number of carbonyl (C=O) groups excluding carboxylic acids is 2. The van der Waals surface area contributed by atoms with Gasteiger partial charge in [-0.25, -0.2) is 0 Å². The van der Waals surface area contributed by atoms with Crippen molar-refractivity contribution in [2.45, 2.75) is 70.4 Å². The molecule has 5 heteroatoms. The standard InChI is InChI=1S/C20H29N3O2/c1-3-22(16(2)24)18-14-20(10-6-4-7-11-20)23(15-18)19(25)13-17-9-5-8-12-21-17/h5,8-9,12,18H,3-4,6-7,10-11,13-15H2,1-2H3/t18-/m0/s1. The molecule has 5 nitrogen and oxygen atoms in total. The minimum Gasteiger partial charge on any atom is -0.338 e. The Labute approximate surface area is 150 Å². The minimum atomic E-state index is -0.0579. The van der Waals surface area contributed by atoms with Gasteiger partial charge in [0.2, 0.25) is 11.8 Å². The molecule has 1 aromatic rings. The summed E-state index contributed by atoms with van der Waals surface area (Å²) in [4.78, 5) is 33.4. The van der Waals surface area contributed by atoms with Crippen molar-refractivity contribution < 1.29 is 9.59 Å². The molecule has 0 N–H and O–H groups in total. The van der Waals surface area contributed by atoms with Crippen LogP contribution in [0, 0.1) is 0 Å². The number of pyridine rings is 1. The van der Waals surface area contributed by atoms with Crippen molar-refractivity contribution in [1.82, 2.24) is 14.8 Å². The molecule has 1 saturated carbocycles. The summed E-state index contributed by atoms with van der Waals surface area (Å²) in [5, 5.41) is 0. The van der Waals surface area contributed by atoms with Gasteiger partial charge >= 0.3 is 0 Å². The highest BCUT2D eigenvalue weighted by Crippen LogP contribution is 2.43. The van der Waals surface area contributed by atoms with E-state index in [2.05, 4.69) is 9.88 Å². The molecule has 2 fully saturated rings. The number of rotatable bonds is 4. The van der Waals surface area contributed by atoms with Crippen molar-refractivity contribution in [3.63, 3.8) is 0 Å². The lowest BCUT2D eigenvalue weighted by molar-refractivity contribution is -0.136. The molecule has 2 aliphatic rings. The van der Waals surface area contributed by atoms with Gasteiger partial charge in [0.25, 0.3) is 0 Å². The summed E-state index contributed by atoms with van der Waals surface area (Å²) in [6, 6.07) is 5.85. The summed E-state index contributed by atoms with van der Waals surface area (Å²) >= 11 is 0. The van der Waals surface area contributed by atoms with Gasteiger partial charge in [0.15, 0.2) is 0 Å². The molecule has 1 spiro atoms. The van der Waals surface area contributed by atoms with Gasteiger partial charge in [-0.15, -0.1) is 0 Å². The van der Waals surface area contributed by atoms with E-state index in [1.165, 1.54) is 19.3 Å². The molecule has 0 aromatic carbocycles. The molecular weight excluding hydrogens is 314 g/mol. The monoisotopic (exact) mass is 343 g/mol. The molecule has 0 radical (unpaired) electrons. The van der Waals surface area contributed by atoms with E-state index >= 15 is 0 Å². The average molecular weight is 343 g/mol. The second kappa shape index (κ2) is 7.54. The molecule has 1 aliphatic carbocycles. The van der Waals surface area contributed by atoms with Crippen LogP contribution in [0.2, 0.25) is 0 Å². The Morgan fingerprint density at radius 1 is 1.28 bits per heavy atom. The molecule has 2 heterocycles. The highest BCUT2D eigenvalue weighted by atomic mass is 16.2. The average Bonchev–Trinajstić information content (AvgIpc) is 2.95. The van der Waals surface area contributed by atoms with Crippen LogP contribution >= 0.6 is 0 Å². The van der Waals surface area contributed by atoms with Crippen LogP contribution in [0.5, 0.6) is 0 Å². The van der Waals surface area contributed by atoms with Crippen molar-refractivity contribution >= 4 is 11.8 Å². The van der Waals surface area contributed by atoms with E-state index in [9.17, 15) is 9.59 Å². The van der Waals surface area contributed by atoms with Crippen LogP contribution in [-0.4, -0.2) is 51.3 Å². The molecule has 1 aromatic heterocycles. The second-order valence-electron chi connectivity index (χ2n) is 7.45. The number of carbonyl (C=O) groups is 2. The number of likely N-dealkylation sites (N-methyl/N-ethyl adjacent to an activating group) is 1. The van der Waals surface area contributed by atoms with Crippen molar-refractivity contribution in [2.75, 3.05) is 13.1 Å². The second-order valence-corrected chi connectivity index (χ2v) is 7.45. The number of amides is 2. The summed E-state index contributed by atoms with van der Waals surface area (Å²) in [5.41, 5.74) is 0.762. The first-order chi connectivity index (χ1) is 12.1. The van der Waals surface area contributed by atoms with Gasteiger partial charge in [0, 0.05) is 37.4 Å². The molecule has 0 unspecified atom stereocenters. The summed E-state index contributed by atoms with van der Waals surface area (Å²) in [6.45, 7) is 5.03. The zero-order valence-electron chi connectivity index (χ0n) is 15.4. The van der Waals surface area contributed by atoms with Crippen LogP contribution in [0.15, 0.2) is 24.4 Å². The van der Waals surface area contributed by atoms with Crippen LogP contribution in [0.1, 0.15) is 58.1 Å². The van der Waals surface area contributed by atoms with Gasteiger partial charge < -0.3 is 9.80 Å². The lowest BCUT2D eigenvalue weighted by atomic mass is 9.79. The fourth-order valence-electron chi connectivity index (χ4n) is 4.77. The summed E-state index contributed by atoms with van der Waals surface area (Å²) in [5.74, 6) is 0.264. The Balaban J connectivity index is 1.81. The largest absolute Gasteiger partial charge is 0.338 e. The van der Waals surface area contributed by atoms with E-state index in [1.807, 2.05) is 30.0 Å². The third kappa shape index (κ3) is 3.70. The van der Waals surface area contributed by atoms with Crippen molar-refractivity contribution in [3.8, 4) is 0 Å². The summed E-state index contributed by atoms with van der Waals surface area (Å²) in [6.07, 6.45) is 8.73. The molecule has 25 heavy (non-hydrogen) atoms. The quantitative estimate of drug-likeness (QED) is 0.845. The summed E-state index contributed by atoms with van der Waals surface area (Å²) in [7, 11) is 0. The maximum absolute atomic E-state index is 13.1. The van der Waals surface area contributed by atoms with E-state index in [0.717, 1.165) is 25.0 Å². The van der Waals surface area contributed by atoms with E-state index in [0.29, 0.717) is 19.5 Å². The Bertz CT molecular complexity index is 611. The van der Waals surface area contributed by atoms with Crippen LogP contribution in [-0.2, 0) is 16.0 Å². The number of hydrogen-bond acceptors (Lipinski definition) is 3. The van der Waals surface area contributed by atoms with Crippen molar-refractivity contribution in [2.24, 2.45) is 0 Å². The van der Waals surface area contributed by atoms with E-state index in [-0.39, 0.29) is 23.4 Å². The Kier molecular flexibility index (Phi) is 5.40. The molecule has 1 saturated heterocycles. The Morgan fingerprint density at radius 2 is 2.04 bits per heavy atom. The molecule has 2 amide bonds. The van der Waals surface area contributed by atoms with Gasteiger partial charge in [0.1, 0.15) is 0 Å². The van der Waals surface area contributed by atoms with Crippen LogP contribution in [0.4, 0.5) is 0 Å². The number of nitrogens with zero attached hydrogens (tertiary/aromatic N) is 3. The lowest BCUT2D eigenvalue weighted by Crippen LogP contribution is -2.49. The normalized spacial score (nSPS) is 22.2. The fourth-order valence-corrected chi connectivity index (χ4v) is 4.77. The fraction of sp³-hybridized carbons (Fsp3) is 0.650. The Hall–Kier alpha value is -1.91. The number of hydrogen-bond donors (Lipinski definition) is 0. The van der Waals surface area contributed by atoms with E-state index in [1.54, 1.807) is 13.1 Å². The first-order valence-electron chi connectivity index (χ1n) is 9.53. The third-order valence-electron chi connectivity index (χ3n) is 5.91. The van der Waals surface area contributed by atoms with Gasteiger partial charge in [-0.1, -0.05) is 25.3 Å². The zero-order valence-corrected chi connectivity index (χ0v) is 15.4. The van der Waals surface area contributed by atoms with Crippen molar-refractivity contribution in [1.29, 1.82) is 0 Å². The molecule has 136 valence electrons. The lowest BCUT2D eigenvalue weighted by Gasteiger charge is -2.41. The summed E-state index contributed by atoms with van der Waals surface area (Å²) < 4.78 is 0. The smallest absolute Gasteiger partial charge is 0.229 e. The zero-order chi connectivity index (χ0) is 17.9. The van der Waals surface area contributed by atoms with Gasteiger partial charge in [-0.3, -0.25) is 14.6 Å². The van der Waals surface area contributed by atoms with Crippen LogP contribution < -0.4 is 0 Å². The minimum absolute atomic E-state index is 0.0579. The predicted molar refractivity (Wildman–Crippen MR) is 96.9 cm³/mol. The maximum atomic E-state index is 13.1. The highest BCUT2D eigenvalue weighted by molar-refractivity contribution is 5.80. The SMILES string of the molecule is CCN(C(C)=O)[C@@H]1CN(C(=O)Cc2ccccn2)C2(CCCCC2)C1. The highest BCUT2D eigenvalue weighted by Gasteiger charge is 2.49. The number of likely N-dealkylation sites (tertiary alicyclic amines) is 1. The molecular formula is C20H29N3O2. The molecule has 3 rings (SSSR count). The van der Waals surface area contributed by atoms with Crippen LogP contribution in [0.25, 0.3) is 0 Å². The van der Waals surface area contributed by atoms with E-state index in [4.69, 9.17) is 0 Å². The number of aromatic nitrogens is 1. The molecule has 1 aliphatic heterocycles. The maximum Gasteiger partial charge on any atom is 0.229 e. The third-order valence-corrected chi connectivity index (χ3v) is 5.91.